The van der Waals surface area contributed by atoms with Crippen LogP contribution in [-0.2, 0) is 24.1 Å². The molecule has 2 aromatic heterocycles. The molecule has 22 heavy (non-hydrogen) atoms. The van der Waals surface area contributed by atoms with Gasteiger partial charge in [0.15, 0.2) is 0 Å². The topological polar surface area (TPSA) is 74.8 Å². The standard InChI is InChI=1S/C16H19N3O2S/c1-2-9-17-13(20)8-7-12-18-15(21)14-10-5-3-4-6-11(10)22-16(14)19-12/h2H,1,3-9H2,(H,17,20)(H,18,19,21). The van der Waals surface area contributed by atoms with E-state index in [0.717, 1.165) is 29.5 Å². The van der Waals surface area contributed by atoms with E-state index in [-0.39, 0.29) is 11.5 Å². The molecule has 6 heteroatoms. The van der Waals surface area contributed by atoms with Crippen LogP contribution in [0.5, 0.6) is 0 Å². The molecule has 1 aliphatic carbocycles. The molecule has 1 amide bonds. The van der Waals surface area contributed by atoms with E-state index in [9.17, 15) is 9.59 Å². The van der Waals surface area contributed by atoms with Crippen molar-refractivity contribution in [3.05, 3.63) is 39.3 Å². The summed E-state index contributed by atoms with van der Waals surface area (Å²) in [7, 11) is 0. The first-order valence-corrected chi connectivity index (χ1v) is 8.41. The Morgan fingerprint density at radius 2 is 2.23 bits per heavy atom. The van der Waals surface area contributed by atoms with Crippen LogP contribution in [0, 0.1) is 0 Å². The number of carbonyl (C=O) groups excluding carboxylic acids is 1. The molecule has 0 saturated heterocycles. The Bertz CT molecular complexity index is 776. The van der Waals surface area contributed by atoms with E-state index >= 15 is 0 Å². The van der Waals surface area contributed by atoms with E-state index < -0.39 is 0 Å². The number of thiophene rings is 1. The Balaban J connectivity index is 1.82. The van der Waals surface area contributed by atoms with Gasteiger partial charge in [-0.2, -0.15) is 0 Å². The van der Waals surface area contributed by atoms with E-state index in [2.05, 4.69) is 21.9 Å². The number of aromatic nitrogens is 2. The van der Waals surface area contributed by atoms with Gasteiger partial charge in [0, 0.05) is 24.3 Å². The third kappa shape index (κ3) is 2.97. The molecule has 0 spiro atoms. The zero-order valence-electron chi connectivity index (χ0n) is 12.4. The van der Waals surface area contributed by atoms with Crippen molar-refractivity contribution < 1.29 is 4.79 Å². The van der Waals surface area contributed by atoms with Gasteiger partial charge in [0.2, 0.25) is 5.91 Å². The molecular weight excluding hydrogens is 298 g/mol. The molecule has 0 atom stereocenters. The average Bonchev–Trinajstić information content (AvgIpc) is 2.89. The molecular formula is C16H19N3O2S. The van der Waals surface area contributed by atoms with Crippen LogP contribution in [0.3, 0.4) is 0 Å². The summed E-state index contributed by atoms with van der Waals surface area (Å²) in [5.41, 5.74) is 1.13. The van der Waals surface area contributed by atoms with Crippen LogP contribution in [-0.4, -0.2) is 22.4 Å². The number of carbonyl (C=O) groups is 1. The number of H-pyrrole nitrogens is 1. The fourth-order valence-electron chi connectivity index (χ4n) is 2.83. The van der Waals surface area contributed by atoms with Crippen LogP contribution in [0.1, 0.15) is 35.5 Å². The van der Waals surface area contributed by atoms with Crippen LogP contribution in [0.15, 0.2) is 17.4 Å². The van der Waals surface area contributed by atoms with E-state index in [4.69, 9.17) is 0 Å². The van der Waals surface area contributed by atoms with Crippen LogP contribution < -0.4 is 10.9 Å². The molecule has 0 bridgehead atoms. The zero-order valence-corrected chi connectivity index (χ0v) is 13.2. The van der Waals surface area contributed by atoms with Crippen LogP contribution >= 0.6 is 11.3 Å². The van der Waals surface area contributed by atoms with Crippen molar-refractivity contribution in [3.63, 3.8) is 0 Å². The van der Waals surface area contributed by atoms with Gasteiger partial charge in [0.1, 0.15) is 10.7 Å². The van der Waals surface area contributed by atoms with E-state index in [1.807, 2.05) is 0 Å². The minimum absolute atomic E-state index is 0.0619. The molecule has 3 rings (SSSR count). The Hall–Kier alpha value is -1.95. The summed E-state index contributed by atoms with van der Waals surface area (Å²) in [6, 6.07) is 0. The summed E-state index contributed by atoms with van der Waals surface area (Å²) in [5.74, 6) is 0.526. The number of hydrogen-bond donors (Lipinski definition) is 2. The Labute approximate surface area is 132 Å². The van der Waals surface area contributed by atoms with E-state index in [0.29, 0.717) is 25.2 Å². The molecule has 0 radical (unpaired) electrons. The second kappa shape index (κ2) is 6.44. The Morgan fingerprint density at radius 1 is 1.41 bits per heavy atom. The maximum Gasteiger partial charge on any atom is 0.259 e. The first-order chi connectivity index (χ1) is 10.7. The van der Waals surface area contributed by atoms with Gasteiger partial charge in [-0.25, -0.2) is 4.98 Å². The van der Waals surface area contributed by atoms with Crippen LogP contribution in [0.2, 0.25) is 0 Å². The smallest absolute Gasteiger partial charge is 0.259 e. The van der Waals surface area contributed by atoms with Gasteiger partial charge < -0.3 is 10.3 Å². The van der Waals surface area contributed by atoms with Gasteiger partial charge >= 0.3 is 0 Å². The predicted molar refractivity (Wildman–Crippen MR) is 88.4 cm³/mol. The lowest BCUT2D eigenvalue weighted by molar-refractivity contribution is -0.120. The van der Waals surface area contributed by atoms with Gasteiger partial charge in [0.05, 0.1) is 5.39 Å². The quantitative estimate of drug-likeness (QED) is 0.829. The Kier molecular flexibility index (Phi) is 4.38. The van der Waals surface area contributed by atoms with Crippen molar-refractivity contribution in [1.82, 2.24) is 15.3 Å². The lowest BCUT2D eigenvalue weighted by Crippen LogP contribution is -2.24. The van der Waals surface area contributed by atoms with Gasteiger partial charge in [-0.05, 0) is 31.2 Å². The average molecular weight is 317 g/mol. The first-order valence-electron chi connectivity index (χ1n) is 7.60. The highest BCUT2D eigenvalue weighted by Gasteiger charge is 2.19. The first kappa shape index (κ1) is 15.0. The molecule has 1 aliphatic rings. The summed E-state index contributed by atoms with van der Waals surface area (Å²) in [6.07, 6.45) is 6.75. The maximum absolute atomic E-state index is 12.3. The Morgan fingerprint density at radius 3 is 3.05 bits per heavy atom. The molecule has 2 aromatic rings. The van der Waals surface area contributed by atoms with Crippen LogP contribution in [0.4, 0.5) is 0 Å². The summed E-state index contributed by atoms with van der Waals surface area (Å²) in [4.78, 5) is 33.5. The van der Waals surface area contributed by atoms with Gasteiger partial charge in [-0.3, -0.25) is 9.59 Å². The molecule has 0 aromatic carbocycles. The normalized spacial score (nSPS) is 13.8. The van der Waals surface area contributed by atoms with Gasteiger partial charge in [-0.1, -0.05) is 6.08 Å². The number of fused-ring (bicyclic) bond motifs is 3. The van der Waals surface area contributed by atoms with E-state index in [1.165, 1.54) is 16.9 Å². The monoisotopic (exact) mass is 317 g/mol. The van der Waals surface area contributed by atoms with Gasteiger partial charge in [0.25, 0.3) is 5.56 Å². The van der Waals surface area contributed by atoms with E-state index in [1.54, 1.807) is 17.4 Å². The highest BCUT2D eigenvalue weighted by molar-refractivity contribution is 7.18. The lowest BCUT2D eigenvalue weighted by Gasteiger charge is -2.09. The zero-order chi connectivity index (χ0) is 15.5. The fraction of sp³-hybridized carbons (Fsp3) is 0.438. The summed E-state index contributed by atoms with van der Waals surface area (Å²) in [5, 5.41) is 3.48. The second-order valence-corrected chi connectivity index (χ2v) is 6.58. The molecule has 5 nitrogen and oxygen atoms in total. The number of rotatable bonds is 5. The van der Waals surface area contributed by atoms with Crippen molar-refractivity contribution in [3.8, 4) is 0 Å². The molecule has 0 unspecified atom stereocenters. The molecule has 2 N–H and O–H groups in total. The number of amides is 1. The van der Waals surface area contributed by atoms with Crippen molar-refractivity contribution in [2.24, 2.45) is 0 Å². The van der Waals surface area contributed by atoms with Crippen molar-refractivity contribution in [2.75, 3.05) is 6.54 Å². The van der Waals surface area contributed by atoms with Crippen molar-refractivity contribution in [1.29, 1.82) is 0 Å². The second-order valence-electron chi connectivity index (χ2n) is 5.50. The minimum Gasteiger partial charge on any atom is -0.353 e. The number of aromatic amines is 1. The highest BCUT2D eigenvalue weighted by atomic mass is 32.1. The molecule has 2 heterocycles. The number of aryl methyl sites for hydroxylation is 3. The molecule has 0 saturated carbocycles. The number of hydrogen-bond acceptors (Lipinski definition) is 4. The van der Waals surface area contributed by atoms with Crippen molar-refractivity contribution in [2.45, 2.75) is 38.5 Å². The third-order valence-corrected chi connectivity index (χ3v) is 5.09. The number of nitrogens with one attached hydrogen (secondary N) is 2. The molecule has 116 valence electrons. The predicted octanol–water partition coefficient (Wildman–Crippen LogP) is 2.10. The third-order valence-electron chi connectivity index (χ3n) is 3.91. The summed E-state index contributed by atoms with van der Waals surface area (Å²) in [6.45, 7) is 4.01. The van der Waals surface area contributed by atoms with Crippen LogP contribution in [0.25, 0.3) is 10.2 Å². The van der Waals surface area contributed by atoms with Gasteiger partial charge in [-0.15, -0.1) is 17.9 Å². The summed E-state index contributed by atoms with van der Waals surface area (Å²) >= 11 is 1.63. The number of nitrogens with zero attached hydrogens (tertiary/aromatic N) is 1. The highest BCUT2D eigenvalue weighted by Crippen LogP contribution is 2.33. The largest absolute Gasteiger partial charge is 0.353 e. The molecule has 0 fully saturated rings. The summed E-state index contributed by atoms with van der Waals surface area (Å²) < 4.78 is 0. The van der Waals surface area contributed by atoms with Crippen molar-refractivity contribution >= 4 is 27.5 Å². The maximum atomic E-state index is 12.3. The minimum atomic E-state index is -0.0640. The fourth-order valence-corrected chi connectivity index (χ4v) is 4.11. The SMILES string of the molecule is C=CCNC(=O)CCc1nc2sc3c(c2c(=O)[nH]1)CCCC3. The lowest BCUT2D eigenvalue weighted by atomic mass is 9.97. The molecule has 0 aliphatic heterocycles.